The van der Waals surface area contributed by atoms with Gasteiger partial charge >= 0.3 is 6.18 Å². The average molecular weight is 385 g/mol. The monoisotopic (exact) mass is 384 g/mol. The van der Waals surface area contributed by atoms with Crippen LogP contribution in [0.4, 0.5) is 13.2 Å². The number of hydrogen-bond acceptors (Lipinski definition) is 3. The molecule has 2 aromatic rings. The van der Waals surface area contributed by atoms with Gasteiger partial charge in [0.15, 0.2) is 5.78 Å². The Balaban J connectivity index is 1.78. The number of H-pyrrole nitrogens is 1. The van der Waals surface area contributed by atoms with Gasteiger partial charge < -0.3 is 4.98 Å². The average Bonchev–Trinajstić information content (AvgIpc) is 3.38. The summed E-state index contributed by atoms with van der Waals surface area (Å²) in [7, 11) is 0. The summed E-state index contributed by atoms with van der Waals surface area (Å²) in [5, 5.41) is -0.0438. The number of rotatable bonds is 5. The highest BCUT2D eigenvalue weighted by Gasteiger charge is 2.31. The lowest BCUT2D eigenvalue weighted by Gasteiger charge is -2.15. The van der Waals surface area contributed by atoms with Crippen LogP contribution in [-0.4, -0.2) is 15.8 Å². The van der Waals surface area contributed by atoms with Crippen molar-refractivity contribution < 1.29 is 18.0 Å². The number of nitrogens with one attached hydrogen (secondary N) is 1. The fourth-order valence-electron chi connectivity index (χ4n) is 2.77. The number of ketones is 1. The van der Waals surface area contributed by atoms with E-state index in [1.165, 1.54) is 6.07 Å². The van der Waals surface area contributed by atoms with E-state index in [1.807, 2.05) is 0 Å². The molecule has 0 bridgehead atoms. The molecule has 1 aromatic carbocycles. The van der Waals surface area contributed by atoms with Gasteiger partial charge in [-0.3, -0.25) is 9.59 Å². The summed E-state index contributed by atoms with van der Waals surface area (Å²) in [6, 6.07) is 4.23. The second-order valence-corrected chi connectivity index (χ2v) is 6.96. The Labute approximate surface area is 152 Å². The summed E-state index contributed by atoms with van der Waals surface area (Å²) in [5.41, 5.74) is -0.702. The van der Waals surface area contributed by atoms with Crippen molar-refractivity contribution in [3.63, 3.8) is 0 Å². The molecule has 138 valence electrons. The number of aromatic amines is 1. The molecule has 1 aromatic heterocycles. The van der Waals surface area contributed by atoms with Crippen LogP contribution < -0.4 is 5.56 Å². The molecule has 1 fully saturated rings. The summed E-state index contributed by atoms with van der Waals surface area (Å²) in [6.07, 6.45) is -2.63. The number of Topliss-reactive ketones (excluding diaryl/α,β-unsaturated/α-hetero) is 1. The Morgan fingerprint density at radius 1 is 1.35 bits per heavy atom. The van der Waals surface area contributed by atoms with E-state index < -0.39 is 17.7 Å². The van der Waals surface area contributed by atoms with Crippen LogP contribution in [0.3, 0.4) is 0 Å². The molecule has 1 N–H and O–H groups in total. The molecule has 0 saturated heterocycles. The highest BCUT2D eigenvalue weighted by Crippen LogP contribution is 2.38. The molecule has 0 radical (unpaired) electrons. The summed E-state index contributed by atoms with van der Waals surface area (Å²) >= 11 is 5.98. The lowest BCUT2D eigenvalue weighted by atomic mass is 9.93. The van der Waals surface area contributed by atoms with E-state index in [-0.39, 0.29) is 34.4 Å². The first-order valence-corrected chi connectivity index (χ1v) is 8.54. The van der Waals surface area contributed by atoms with Gasteiger partial charge in [0.05, 0.1) is 5.56 Å². The second kappa shape index (κ2) is 6.87. The maximum atomic E-state index is 12.7. The number of aromatic nitrogens is 2. The quantitative estimate of drug-likeness (QED) is 0.760. The third-order valence-electron chi connectivity index (χ3n) is 4.36. The number of benzene rings is 1. The molecule has 3 rings (SSSR count). The van der Waals surface area contributed by atoms with Gasteiger partial charge in [-0.2, -0.15) is 13.2 Å². The molecule has 8 heteroatoms. The van der Waals surface area contributed by atoms with Crippen molar-refractivity contribution in [1.82, 2.24) is 9.97 Å². The topological polar surface area (TPSA) is 62.8 Å². The molecule has 1 atom stereocenters. The number of halogens is 4. The number of hydrogen-bond donors (Lipinski definition) is 1. The van der Waals surface area contributed by atoms with Crippen LogP contribution in [0.5, 0.6) is 0 Å². The molecular weight excluding hydrogens is 369 g/mol. The first-order valence-electron chi connectivity index (χ1n) is 8.16. The van der Waals surface area contributed by atoms with Crippen LogP contribution in [0.25, 0.3) is 0 Å². The van der Waals surface area contributed by atoms with Crippen molar-refractivity contribution in [1.29, 1.82) is 0 Å². The number of alkyl halides is 3. The smallest absolute Gasteiger partial charge is 0.310 e. The molecule has 1 heterocycles. The van der Waals surface area contributed by atoms with E-state index in [0.717, 1.165) is 31.0 Å². The molecule has 1 saturated carbocycles. The Bertz CT molecular complexity index is 904. The fraction of sp³-hybridized carbons (Fsp3) is 0.389. The third-order valence-corrected chi connectivity index (χ3v) is 4.69. The minimum Gasteiger partial charge on any atom is -0.310 e. The van der Waals surface area contributed by atoms with Crippen molar-refractivity contribution >= 4 is 17.4 Å². The molecule has 4 nitrogen and oxygen atoms in total. The van der Waals surface area contributed by atoms with E-state index in [1.54, 1.807) is 6.92 Å². The summed E-state index contributed by atoms with van der Waals surface area (Å²) < 4.78 is 38.2. The molecule has 26 heavy (non-hydrogen) atoms. The van der Waals surface area contributed by atoms with Gasteiger partial charge in [-0.1, -0.05) is 24.6 Å². The lowest BCUT2D eigenvalue weighted by Crippen LogP contribution is -2.16. The third kappa shape index (κ3) is 4.15. The molecule has 0 spiro atoms. The lowest BCUT2D eigenvalue weighted by molar-refractivity contribution is -0.137. The van der Waals surface area contributed by atoms with Crippen molar-refractivity contribution in [2.24, 2.45) is 0 Å². The number of carbonyl (C=O) groups is 1. The van der Waals surface area contributed by atoms with Crippen LogP contribution >= 0.6 is 11.6 Å². The van der Waals surface area contributed by atoms with E-state index in [9.17, 15) is 22.8 Å². The van der Waals surface area contributed by atoms with E-state index in [4.69, 9.17) is 11.6 Å². The van der Waals surface area contributed by atoms with E-state index in [0.29, 0.717) is 11.4 Å². The van der Waals surface area contributed by atoms with Crippen molar-refractivity contribution in [3.05, 3.63) is 62.3 Å². The van der Waals surface area contributed by atoms with Gasteiger partial charge in [0, 0.05) is 23.4 Å². The minimum absolute atomic E-state index is 0.00829. The second-order valence-electron chi connectivity index (χ2n) is 6.55. The minimum atomic E-state index is -4.48. The number of nitrogens with zero attached hydrogens (tertiary/aromatic N) is 1. The molecular formula is C18H16ClF3N2O2. The molecule has 1 unspecified atom stereocenters. The zero-order valence-electron chi connectivity index (χ0n) is 13.9. The zero-order valence-corrected chi connectivity index (χ0v) is 14.6. The van der Waals surface area contributed by atoms with Gasteiger partial charge in [0.25, 0.3) is 5.56 Å². The fourth-order valence-corrected chi connectivity index (χ4v) is 3.13. The van der Waals surface area contributed by atoms with Crippen LogP contribution in [0.1, 0.15) is 65.5 Å². The van der Waals surface area contributed by atoms with Crippen molar-refractivity contribution in [3.8, 4) is 0 Å². The first kappa shape index (κ1) is 18.6. The predicted octanol–water partition coefficient (Wildman–Crippen LogP) is 4.70. The summed E-state index contributed by atoms with van der Waals surface area (Å²) in [4.78, 5) is 31.0. The standard InChI is InChI=1S/C18H16ClF3N2O2/c1-9(12-5-4-11(7-13(12)19)18(20,21)22)6-15(25)14-8-16(26)24-17(23-14)10-2-3-10/h4-5,7-10H,2-3,6H2,1H3,(H,23,24,26). The van der Waals surface area contributed by atoms with Crippen molar-refractivity contribution in [2.75, 3.05) is 0 Å². The Hall–Kier alpha value is -2.15. The van der Waals surface area contributed by atoms with Gasteiger partial charge in [-0.25, -0.2) is 4.98 Å². The van der Waals surface area contributed by atoms with Crippen LogP contribution in [-0.2, 0) is 6.18 Å². The molecule has 1 aliphatic carbocycles. The van der Waals surface area contributed by atoms with Crippen molar-refractivity contribution in [2.45, 2.75) is 44.2 Å². The van der Waals surface area contributed by atoms with E-state index in [2.05, 4.69) is 9.97 Å². The maximum absolute atomic E-state index is 12.7. The Kier molecular flexibility index (Phi) is 4.92. The Morgan fingerprint density at radius 2 is 2.04 bits per heavy atom. The molecule has 0 amide bonds. The molecule has 1 aliphatic rings. The van der Waals surface area contributed by atoms with Gasteiger partial charge in [-0.15, -0.1) is 0 Å². The largest absolute Gasteiger partial charge is 0.416 e. The predicted molar refractivity (Wildman–Crippen MR) is 90.6 cm³/mol. The zero-order chi connectivity index (χ0) is 19.1. The maximum Gasteiger partial charge on any atom is 0.416 e. The summed E-state index contributed by atoms with van der Waals surface area (Å²) in [6.45, 7) is 1.70. The van der Waals surface area contributed by atoms with Gasteiger partial charge in [0.2, 0.25) is 0 Å². The van der Waals surface area contributed by atoms with Crippen LogP contribution in [0, 0.1) is 0 Å². The van der Waals surface area contributed by atoms with Crippen LogP contribution in [0.15, 0.2) is 29.1 Å². The van der Waals surface area contributed by atoms with Gasteiger partial charge in [0.1, 0.15) is 11.5 Å². The number of carbonyl (C=O) groups excluding carboxylic acids is 1. The van der Waals surface area contributed by atoms with Crippen LogP contribution in [0.2, 0.25) is 5.02 Å². The van der Waals surface area contributed by atoms with E-state index >= 15 is 0 Å². The molecule has 0 aliphatic heterocycles. The SMILES string of the molecule is CC(CC(=O)c1cc(=O)[nH]c(C2CC2)n1)c1ccc(C(F)(F)F)cc1Cl. The summed E-state index contributed by atoms with van der Waals surface area (Å²) in [5.74, 6) is -0.0532. The van der Waals surface area contributed by atoms with Gasteiger partial charge in [-0.05, 0) is 36.5 Å². The highest BCUT2D eigenvalue weighted by atomic mass is 35.5. The Morgan fingerprint density at radius 3 is 2.62 bits per heavy atom. The highest BCUT2D eigenvalue weighted by molar-refractivity contribution is 6.31. The normalized spacial score (nSPS) is 15.7. The first-order chi connectivity index (χ1) is 12.1.